The van der Waals surface area contributed by atoms with Crippen LogP contribution in [0.1, 0.15) is 10.4 Å². The van der Waals surface area contributed by atoms with E-state index in [0.717, 1.165) is 4.88 Å². The monoisotopic (exact) mass is 313 g/mol. The number of nitriles is 1. The van der Waals surface area contributed by atoms with Gasteiger partial charge in [0.25, 0.3) is 0 Å². The summed E-state index contributed by atoms with van der Waals surface area (Å²) in [4.78, 5) is 12.7. The fourth-order valence-corrected chi connectivity index (χ4v) is 2.36. The average molecular weight is 313 g/mol. The molecule has 2 rings (SSSR count). The molecule has 0 radical (unpaired) electrons. The summed E-state index contributed by atoms with van der Waals surface area (Å²) in [5.41, 5.74) is 1.17. The Hall–Kier alpha value is -2.49. The first kappa shape index (κ1) is 14.9. The molecule has 0 aliphatic rings. The molecule has 6 heteroatoms. The molecule has 0 spiro atoms. The van der Waals surface area contributed by atoms with Crippen LogP contribution < -0.4 is 10.6 Å². The number of hydrogen-bond acceptors (Lipinski definition) is 4. The Morgan fingerprint density at radius 2 is 2.19 bits per heavy atom. The van der Waals surface area contributed by atoms with Crippen molar-refractivity contribution in [3.05, 3.63) is 58.3 Å². The van der Waals surface area contributed by atoms with Gasteiger partial charge in [-0.1, -0.05) is 12.1 Å². The average Bonchev–Trinajstić information content (AvgIpc) is 2.98. The summed E-state index contributed by atoms with van der Waals surface area (Å²) < 4.78 is 0. The summed E-state index contributed by atoms with van der Waals surface area (Å²) in [5, 5.41) is 16.3. The van der Waals surface area contributed by atoms with Crippen LogP contribution in [0.4, 0.5) is 5.69 Å². The molecule has 1 aromatic carbocycles. The lowest BCUT2D eigenvalue weighted by atomic mass is 10.2. The number of benzene rings is 1. The van der Waals surface area contributed by atoms with Gasteiger partial charge in [0.2, 0.25) is 5.91 Å². The first-order valence-corrected chi connectivity index (χ1v) is 7.30. The van der Waals surface area contributed by atoms with Gasteiger partial charge >= 0.3 is 0 Å². The van der Waals surface area contributed by atoms with Crippen molar-refractivity contribution in [2.24, 2.45) is 0 Å². The highest BCUT2D eigenvalue weighted by Crippen LogP contribution is 2.10. The Morgan fingerprint density at radius 3 is 2.90 bits per heavy atom. The zero-order valence-corrected chi connectivity index (χ0v) is 12.5. The lowest BCUT2D eigenvalue weighted by Gasteiger charge is -2.08. The van der Waals surface area contributed by atoms with Crippen LogP contribution in [-0.2, 0) is 4.79 Å². The summed E-state index contributed by atoms with van der Waals surface area (Å²) in [7, 11) is 0. The molecule has 1 aromatic heterocycles. The minimum absolute atomic E-state index is 0.186. The van der Waals surface area contributed by atoms with Gasteiger partial charge < -0.3 is 5.32 Å². The van der Waals surface area contributed by atoms with Crippen molar-refractivity contribution in [2.75, 3.05) is 5.32 Å². The Balaban J connectivity index is 1.89. The lowest BCUT2D eigenvalue weighted by molar-refractivity contribution is -0.115. The van der Waals surface area contributed by atoms with E-state index in [4.69, 9.17) is 17.5 Å². The van der Waals surface area contributed by atoms with Crippen molar-refractivity contribution in [1.82, 2.24) is 5.32 Å². The third-order valence-electron chi connectivity index (χ3n) is 2.43. The minimum Gasteiger partial charge on any atom is -0.332 e. The van der Waals surface area contributed by atoms with Crippen LogP contribution in [0.25, 0.3) is 6.08 Å². The van der Waals surface area contributed by atoms with Crippen molar-refractivity contribution in [2.45, 2.75) is 0 Å². The fraction of sp³-hybridized carbons (Fsp3) is 0. The summed E-state index contributed by atoms with van der Waals surface area (Å²) in [6, 6.07) is 12.7. The normalized spacial score (nSPS) is 10.0. The van der Waals surface area contributed by atoms with Crippen LogP contribution in [0.2, 0.25) is 0 Å². The van der Waals surface area contributed by atoms with Crippen LogP contribution in [0.5, 0.6) is 0 Å². The number of carbonyl (C=O) groups is 1. The van der Waals surface area contributed by atoms with Crippen LogP contribution in [0.15, 0.2) is 47.9 Å². The molecule has 0 bridgehead atoms. The zero-order chi connectivity index (χ0) is 15.1. The van der Waals surface area contributed by atoms with Gasteiger partial charge in [0.15, 0.2) is 5.11 Å². The van der Waals surface area contributed by atoms with Crippen molar-refractivity contribution in [3.8, 4) is 6.07 Å². The largest absolute Gasteiger partial charge is 0.332 e. The maximum absolute atomic E-state index is 11.7. The second-order valence-corrected chi connectivity index (χ2v) is 5.37. The zero-order valence-electron chi connectivity index (χ0n) is 10.9. The van der Waals surface area contributed by atoms with E-state index in [1.807, 2.05) is 23.6 Å². The smallest absolute Gasteiger partial charge is 0.250 e. The van der Waals surface area contributed by atoms with E-state index in [1.54, 1.807) is 41.7 Å². The van der Waals surface area contributed by atoms with Crippen molar-refractivity contribution in [1.29, 1.82) is 5.26 Å². The highest BCUT2D eigenvalue weighted by molar-refractivity contribution is 7.80. The first-order valence-electron chi connectivity index (χ1n) is 6.01. The van der Waals surface area contributed by atoms with E-state index in [9.17, 15) is 4.79 Å². The molecule has 21 heavy (non-hydrogen) atoms. The molecule has 0 fully saturated rings. The number of thiophene rings is 1. The maximum Gasteiger partial charge on any atom is 0.250 e. The van der Waals surface area contributed by atoms with Crippen LogP contribution >= 0.6 is 23.6 Å². The highest BCUT2D eigenvalue weighted by atomic mass is 32.1. The SMILES string of the molecule is N#Cc1cccc(NC(=S)NC(=O)/C=C/c2cccs2)c1. The van der Waals surface area contributed by atoms with E-state index < -0.39 is 0 Å². The van der Waals surface area contributed by atoms with Crippen molar-refractivity contribution >= 4 is 46.3 Å². The van der Waals surface area contributed by atoms with Gasteiger partial charge in [0, 0.05) is 16.6 Å². The van der Waals surface area contributed by atoms with Gasteiger partial charge in [0.05, 0.1) is 11.6 Å². The molecule has 2 aromatic rings. The van der Waals surface area contributed by atoms with Gasteiger partial charge in [-0.2, -0.15) is 5.26 Å². The molecular weight excluding hydrogens is 302 g/mol. The van der Waals surface area contributed by atoms with E-state index >= 15 is 0 Å². The molecule has 0 aliphatic carbocycles. The molecule has 0 aliphatic heterocycles. The van der Waals surface area contributed by atoms with Gasteiger partial charge in [0.1, 0.15) is 0 Å². The van der Waals surface area contributed by atoms with Gasteiger partial charge in [-0.25, -0.2) is 0 Å². The first-order chi connectivity index (χ1) is 10.2. The molecule has 2 N–H and O–H groups in total. The fourth-order valence-electron chi connectivity index (χ4n) is 1.53. The van der Waals surface area contributed by atoms with Crippen molar-refractivity contribution in [3.63, 3.8) is 0 Å². The number of rotatable bonds is 3. The molecule has 0 saturated heterocycles. The third-order valence-corrected chi connectivity index (χ3v) is 3.47. The predicted molar refractivity (Wildman–Crippen MR) is 88.9 cm³/mol. The second kappa shape index (κ2) is 7.33. The van der Waals surface area contributed by atoms with E-state index in [2.05, 4.69) is 10.6 Å². The molecule has 4 nitrogen and oxygen atoms in total. The molecule has 104 valence electrons. The number of nitrogens with one attached hydrogen (secondary N) is 2. The molecule has 0 saturated carbocycles. The number of anilines is 1. The summed E-state index contributed by atoms with van der Waals surface area (Å²) in [5.74, 6) is -0.308. The number of amides is 1. The topological polar surface area (TPSA) is 64.9 Å². The number of thiocarbonyl (C=S) groups is 1. The predicted octanol–water partition coefficient (Wildman–Crippen LogP) is 3.15. The minimum atomic E-state index is -0.308. The lowest BCUT2D eigenvalue weighted by Crippen LogP contribution is -2.32. The summed E-state index contributed by atoms with van der Waals surface area (Å²) >= 11 is 6.59. The van der Waals surface area contributed by atoms with E-state index in [0.29, 0.717) is 11.3 Å². The molecular formula is C15H11N3OS2. The molecule has 1 heterocycles. The van der Waals surface area contributed by atoms with Crippen molar-refractivity contribution < 1.29 is 4.79 Å². The highest BCUT2D eigenvalue weighted by Gasteiger charge is 2.02. The van der Waals surface area contributed by atoms with E-state index in [1.165, 1.54) is 6.08 Å². The summed E-state index contributed by atoms with van der Waals surface area (Å²) in [6.07, 6.45) is 3.14. The number of hydrogen-bond donors (Lipinski definition) is 2. The van der Waals surface area contributed by atoms with Gasteiger partial charge in [-0.15, -0.1) is 11.3 Å². The Kier molecular flexibility index (Phi) is 5.21. The third kappa shape index (κ3) is 4.84. The molecule has 0 atom stereocenters. The molecule has 1 amide bonds. The number of carbonyl (C=O) groups excluding carboxylic acids is 1. The van der Waals surface area contributed by atoms with Crippen LogP contribution in [0.3, 0.4) is 0 Å². The Bertz CT molecular complexity index is 715. The maximum atomic E-state index is 11.7. The Morgan fingerprint density at radius 1 is 1.33 bits per heavy atom. The van der Waals surface area contributed by atoms with Crippen LogP contribution in [0, 0.1) is 11.3 Å². The summed E-state index contributed by atoms with van der Waals surface area (Å²) in [6.45, 7) is 0. The van der Waals surface area contributed by atoms with Gasteiger partial charge in [-0.05, 0) is 47.9 Å². The molecule has 0 unspecified atom stereocenters. The standard InChI is InChI=1S/C15H11N3OS2/c16-10-11-3-1-4-12(9-11)17-15(20)18-14(19)7-6-13-5-2-8-21-13/h1-9H,(H2,17,18,19,20)/b7-6+. The van der Waals surface area contributed by atoms with Gasteiger partial charge in [-0.3, -0.25) is 10.1 Å². The second-order valence-electron chi connectivity index (χ2n) is 3.98. The van der Waals surface area contributed by atoms with E-state index in [-0.39, 0.29) is 11.0 Å². The quantitative estimate of drug-likeness (QED) is 0.675. The Labute approximate surface area is 131 Å². The number of nitrogens with zero attached hydrogens (tertiary/aromatic N) is 1. The van der Waals surface area contributed by atoms with Crippen LogP contribution in [-0.4, -0.2) is 11.0 Å².